The molecule has 0 fully saturated rings. The molecule has 2 aromatic carbocycles. The van der Waals surface area contributed by atoms with E-state index in [-0.39, 0.29) is 0 Å². The lowest BCUT2D eigenvalue weighted by Crippen LogP contribution is -2.29. The van der Waals surface area contributed by atoms with Crippen LogP contribution in [0.1, 0.15) is 17.5 Å². The molecule has 0 saturated heterocycles. The Morgan fingerprint density at radius 2 is 1.88 bits per heavy atom. The summed E-state index contributed by atoms with van der Waals surface area (Å²) >= 11 is 0. The number of nitrogens with zero attached hydrogens (tertiary/aromatic N) is 4. The van der Waals surface area contributed by atoms with Crippen molar-refractivity contribution >= 4 is 23.3 Å². The molecule has 0 aliphatic heterocycles. The van der Waals surface area contributed by atoms with Gasteiger partial charge in [-0.2, -0.15) is 10.1 Å². The Hall–Kier alpha value is -4.14. The molecule has 0 radical (unpaired) electrons. The Balaban J connectivity index is 1.62. The molecule has 164 valence electrons. The fourth-order valence-electron chi connectivity index (χ4n) is 3.48. The Labute approximate surface area is 184 Å². The van der Waals surface area contributed by atoms with Gasteiger partial charge in [0.15, 0.2) is 11.2 Å². The predicted molar refractivity (Wildman–Crippen MR) is 125 cm³/mol. The molecule has 0 saturated carbocycles. The lowest BCUT2D eigenvalue weighted by molar-refractivity contribution is 0.415. The van der Waals surface area contributed by atoms with Crippen molar-refractivity contribution < 1.29 is 4.74 Å². The SMILES string of the molecule is COc1ccc(C=NNc2nc3c(c(=O)[nH]c(=O)n3C)n2CCCc2ccccc2)cc1. The molecule has 0 aliphatic rings. The monoisotopic (exact) mass is 432 g/mol. The van der Waals surface area contributed by atoms with Gasteiger partial charge in [0, 0.05) is 13.6 Å². The fourth-order valence-corrected chi connectivity index (χ4v) is 3.48. The van der Waals surface area contributed by atoms with E-state index in [1.54, 1.807) is 24.9 Å². The number of hydrogen-bond acceptors (Lipinski definition) is 6. The van der Waals surface area contributed by atoms with Gasteiger partial charge in [0.1, 0.15) is 5.75 Å². The number of anilines is 1. The molecule has 0 aliphatic carbocycles. The van der Waals surface area contributed by atoms with E-state index in [4.69, 9.17) is 4.74 Å². The van der Waals surface area contributed by atoms with Gasteiger partial charge in [0.05, 0.1) is 13.3 Å². The minimum absolute atomic E-state index is 0.306. The zero-order chi connectivity index (χ0) is 22.5. The van der Waals surface area contributed by atoms with E-state index in [1.165, 1.54) is 10.1 Å². The van der Waals surface area contributed by atoms with Gasteiger partial charge in [-0.1, -0.05) is 30.3 Å². The largest absolute Gasteiger partial charge is 0.497 e. The summed E-state index contributed by atoms with van der Waals surface area (Å²) in [6, 6.07) is 17.6. The van der Waals surface area contributed by atoms with Crippen molar-refractivity contribution in [1.82, 2.24) is 19.1 Å². The van der Waals surface area contributed by atoms with Crippen LogP contribution in [0.15, 0.2) is 69.3 Å². The third kappa shape index (κ3) is 4.46. The molecule has 4 aromatic rings. The van der Waals surface area contributed by atoms with E-state index in [1.807, 2.05) is 42.5 Å². The third-order valence-electron chi connectivity index (χ3n) is 5.19. The molecule has 0 bridgehead atoms. The van der Waals surface area contributed by atoms with Crippen LogP contribution in [0.5, 0.6) is 5.75 Å². The number of imidazole rings is 1. The van der Waals surface area contributed by atoms with Gasteiger partial charge in [-0.15, -0.1) is 0 Å². The topological polar surface area (TPSA) is 106 Å². The smallest absolute Gasteiger partial charge is 0.329 e. The summed E-state index contributed by atoms with van der Waals surface area (Å²) in [5, 5.41) is 4.27. The van der Waals surface area contributed by atoms with Gasteiger partial charge in [-0.05, 0) is 48.2 Å². The number of H-pyrrole nitrogens is 1. The molecule has 0 amide bonds. The molecular weight excluding hydrogens is 408 g/mol. The van der Waals surface area contributed by atoms with Crippen molar-refractivity contribution in [3.8, 4) is 5.75 Å². The molecule has 2 N–H and O–H groups in total. The van der Waals surface area contributed by atoms with Crippen molar-refractivity contribution in [1.29, 1.82) is 0 Å². The van der Waals surface area contributed by atoms with Crippen LogP contribution in [-0.2, 0) is 20.0 Å². The van der Waals surface area contributed by atoms with Gasteiger partial charge >= 0.3 is 5.69 Å². The van der Waals surface area contributed by atoms with Gasteiger partial charge in [0.25, 0.3) is 5.56 Å². The highest BCUT2D eigenvalue weighted by Crippen LogP contribution is 2.17. The Morgan fingerprint density at radius 3 is 2.59 bits per heavy atom. The maximum atomic E-state index is 12.6. The quantitative estimate of drug-likeness (QED) is 0.329. The molecule has 4 rings (SSSR count). The molecule has 2 heterocycles. The minimum Gasteiger partial charge on any atom is -0.497 e. The van der Waals surface area contributed by atoms with E-state index in [0.29, 0.717) is 23.7 Å². The molecule has 0 spiro atoms. The molecule has 0 unspecified atom stereocenters. The third-order valence-corrected chi connectivity index (χ3v) is 5.19. The average molecular weight is 432 g/mol. The lowest BCUT2D eigenvalue weighted by Gasteiger charge is -2.08. The zero-order valence-corrected chi connectivity index (χ0v) is 17.9. The van der Waals surface area contributed by atoms with Crippen molar-refractivity contribution in [2.45, 2.75) is 19.4 Å². The first-order chi connectivity index (χ1) is 15.6. The first-order valence-electron chi connectivity index (χ1n) is 10.2. The number of ether oxygens (including phenoxy) is 1. The minimum atomic E-state index is -0.510. The van der Waals surface area contributed by atoms with Crippen LogP contribution in [0, 0.1) is 0 Å². The highest BCUT2D eigenvalue weighted by molar-refractivity contribution is 5.80. The Kier molecular flexibility index (Phi) is 6.16. The Bertz CT molecular complexity index is 1350. The highest BCUT2D eigenvalue weighted by atomic mass is 16.5. The van der Waals surface area contributed by atoms with Crippen LogP contribution in [0.2, 0.25) is 0 Å². The van der Waals surface area contributed by atoms with Crippen molar-refractivity contribution in [3.05, 3.63) is 86.6 Å². The maximum Gasteiger partial charge on any atom is 0.329 e. The molecule has 0 atom stereocenters. The van der Waals surface area contributed by atoms with E-state index in [9.17, 15) is 9.59 Å². The number of methoxy groups -OCH3 is 1. The van der Waals surface area contributed by atoms with E-state index < -0.39 is 11.2 Å². The fraction of sp³-hybridized carbons (Fsp3) is 0.217. The number of nitrogens with one attached hydrogen (secondary N) is 2. The number of aromatic nitrogens is 4. The molecule has 2 aromatic heterocycles. The van der Waals surface area contributed by atoms with Crippen LogP contribution in [0.25, 0.3) is 11.2 Å². The van der Waals surface area contributed by atoms with Crippen LogP contribution in [0.3, 0.4) is 0 Å². The van der Waals surface area contributed by atoms with Gasteiger partial charge in [-0.25, -0.2) is 10.2 Å². The summed E-state index contributed by atoms with van der Waals surface area (Å²) in [5.41, 5.74) is 4.67. The molecule has 9 nitrogen and oxygen atoms in total. The predicted octanol–water partition coefficient (Wildman–Crippen LogP) is 2.51. The van der Waals surface area contributed by atoms with E-state index >= 15 is 0 Å². The first kappa shape index (κ1) is 21.1. The van der Waals surface area contributed by atoms with Crippen molar-refractivity contribution in [3.63, 3.8) is 0 Å². The molecule has 9 heteroatoms. The standard InChI is InChI=1S/C23H24N6O3/c1-28-20-19(21(30)26-23(28)31)29(14-6-9-16-7-4-3-5-8-16)22(25-20)27-24-15-17-10-12-18(32-2)13-11-17/h3-5,7-8,10-13,15H,6,9,14H2,1-2H3,(H,25,27)(H,26,30,31). The lowest BCUT2D eigenvalue weighted by atomic mass is 10.1. The highest BCUT2D eigenvalue weighted by Gasteiger charge is 2.17. The average Bonchev–Trinajstić information content (AvgIpc) is 3.18. The van der Waals surface area contributed by atoms with Gasteiger partial charge in [0.2, 0.25) is 5.95 Å². The van der Waals surface area contributed by atoms with Crippen molar-refractivity contribution in [2.24, 2.45) is 12.1 Å². The van der Waals surface area contributed by atoms with E-state index in [2.05, 4.69) is 32.6 Å². The number of hydrazone groups is 1. The van der Waals surface area contributed by atoms with Crippen LogP contribution >= 0.6 is 0 Å². The number of hydrogen-bond donors (Lipinski definition) is 2. The first-order valence-corrected chi connectivity index (χ1v) is 10.2. The number of rotatable bonds is 8. The number of fused-ring (bicyclic) bond motifs is 1. The summed E-state index contributed by atoms with van der Waals surface area (Å²) in [4.78, 5) is 31.4. The van der Waals surface area contributed by atoms with Crippen molar-refractivity contribution in [2.75, 3.05) is 12.5 Å². The maximum absolute atomic E-state index is 12.6. The molecular formula is C23H24N6O3. The van der Waals surface area contributed by atoms with Gasteiger partial charge < -0.3 is 9.30 Å². The summed E-state index contributed by atoms with van der Waals surface area (Å²) in [5.74, 6) is 1.15. The summed E-state index contributed by atoms with van der Waals surface area (Å²) < 4.78 is 8.25. The van der Waals surface area contributed by atoms with E-state index in [0.717, 1.165) is 24.2 Å². The second-order valence-corrected chi connectivity index (χ2v) is 7.31. The molecule has 32 heavy (non-hydrogen) atoms. The second kappa shape index (κ2) is 9.34. The van der Waals surface area contributed by atoms with Crippen LogP contribution in [-0.4, -0.2) is 32.4 Å². The summed E-state index contributed by atoms with van der Waals surface area (Å²) in [6.07, 6.45) is 3.28. The summed E-state index contributed by atoms with van der Waals surface area (Å²) in [7, 11) is 3.19. The summed E-state index contributed by atoms with van der Waals surface area (Å²) in [6.45, 7) is 0.535. The number of aryl methyl sites for hydroxylation is 3. The normalized spacial score (nSPS) is 11.3. The van der Waals surface area contributed by atoms with Crippen LogP contribution < -0.4 is 21.4 Å². The van der Waals surface area contributed by atoms with Crippen LogP contribution in [0.4, 0.5) is 5.95 Å². The Morgan fingerprint density at radius 1 is 1.12 bits per heavy atom. The second-order valence-electron chi connectivity index (χ2n) is 7.31. The number of benzene rings is 2. The van der Waals surface area contributed by atoms with Gasteiger partial charge in [-0.3, -0.25) is 14.3 Å². The number of aromatic amines is 1. The zero-order valence-electron chi connectivity index (χ0n) is 17.9.